The summed E-state index contributed by atoms with van der Waals surface area (Å²) in [5.41, 5.74) is 2.43. The Morgan fingerprint density at radius 2 is 1.89 bits per heavy atom. The molecule has 0 aliphatic carbocycles. The SMILES string of the molecule is [B]/C(CCC)=C(\C)CC. The second-order valence-electron chi connectivity index (χ2n) is 2.41. The van der Waals surface area contributed by atoms with E-state index in [1.165, 1.54) is 5.57 Å². The van der Waals surface area contributed by atoms with E-state index in [1.54, 1.807) is 0 Å². The lowest BCUT2D eigenvalue weighted by atomic mass is 9.86. The molecule has 0 spiro atoms. The predicted molar refractivity (Wildman–Crippen MR) is 43.7 cm³/mol. The Labute approximate surface area is 59.8 Å². The normalized spacial score (nSPS) is 13.2. The Hall–Kier alpha value is -0.195. The minimum Gasteiger partial charge on any atom is -0.119 e. The van der Waals surface area contributed by atoms with Crippen molar-refractivity contribution >= 4 is 7.85 Å². The molecule has 0 rings (SSSR count). The largest absolute Gasteiger partial charge is 0.119 e. The van der Waals surface area contributed by atoms with Gasteiger partial charge in [0.1, 0.15) is 7.85 Å². The molecule has 2 radical (unpaired) electrons. The van der Waals surface area contributed by atoms with Gasteiger partial charge in [0.2, 0.25) is 0 Å². The summed E-state index contributed by atoms with van der Waals surface area (Å²) in [6, 6.07) is 0. The summed E-state index contributed by atoms with van der Waals surface area (Å²) in [6.07, 6.45) is 3.30. The van der Waals surface area contributed by atoms with Crippen LogP contribution in [0.5, 0.6) is 0 Å². The van der Waals surface area contributed by atoms with Crippen molar-refractivity contribution in [2.75, 3.05) is 0 Å². The van der Waals surface area contributed by atoms with Gasteiger partial charge in [-0.05, 0) is 19.8 Å². The minimum atomic E-state index is 1.06. The summed E-state index contributed by atoms with van der Waals surface area (Å²) in [5.74, 6) is 0. The maximum absolute atomic E-state index is 5.72. The van der Waals surface area contributed by atoms with Crippen molar-refractivity contribution in [3.8, 4) is 0 Å². The lowest BCUT2D eigenvalue weighted by Gasteiger charge is -2.02. The standard InChI is InChI=1S/C8H15B/c1-4-6-8(9)7(3)5-2/h4-6H2,1-3H3/b8-7+. The van der Waals surface area contributed by atoms with E-state index < -0.39 is 0 Å². The van der Waals surface area contributed by atoms with Gasteiger partial charge < -0.3 is 0 Å². The van der Waals surface area contributed by atoms with E-state index in [-0.39, 0.29) is 0 Å². The average molecular weight is 122 g/mol. The molecule has 0 heterocycles. The van der Waals surface area contributed by atoms with Crippen molar-refractivity contribution in [3.63, 3.8) is 0 Å². The van der Waals surface area contributed by atoms with Crippen LogP contribution in [0.1, 0.15) is 40.0 Å². The second-order valence-corrected chi connectivity index (χ2v) is 2.41. The van der Waals surface area contributed by atoms with Crippen molar-refractivity contribution < 1.29 is 0 Å². The molecule has 0 aromatic heterocycles. The molecule has 9 heavy (non-hydrogen) atoms. The quantitative estimate of drug-likeness (QED) is 0.504. The smallest absolute Gasteiger partial charge is 0.107 e. The van der Waals surface area contributed by atoms with Gasteiger partial charge in [-0.15, -0.1) is 5.47 Å². The zero-order chi connectivity index (χ0) is 7.28. The molecule has 0 saturated heterocycles. The van der Waals surface area contributed by atoms with E-state index in [1.807, 2.05) is 0 Å². The van der Waals surface area contributed by atoms with Gasteiger partial charge in [-0.2, -0.15) is 0 Å². The highest BCUT2D eigenvalue weighted by Gasteiger charge is 1.90. The molecule has 0 aliphatic heterocycles. The van der Waals surface area contributed by atoms with E-state index in [4.69, 9.17) is 7.85 Å². The highest BCUT2D eigenvalue weighted by molar-refractivity contribution is 6.21. The Bertz CT molecular complexity index is 103. The first-order valence-electron chi connectivity index (χ1n) is 3.66. The summed E-state index contributed by atoms with van der Waals surface area (Å²) in [6.45, 7) is 6.39. The molecule has 0 unspecified atom stereocenters. The molecule has 0 aromatic rings. The van der Waals surface area contributed by atoms with Crippen LogP contribution in [0.2, 0.25) is 0 Å². The second kappa shape index (κ2) is 4.66. The lowest BCUT2D eigenvalue weighted by Crippen LogP contribution is -1.86. The van der Waals surface area contributed by atoms with Crippen molar-refractivity contribution in [1.82, 2.24) is 0 Å². The van der Waals surface area contributed by atoms with E-state index in [0.717, 1.165) is 24.7 Å². The van der Waals surface area contributed by atoms with E-state index in [9.17, 15) is 0 Å². The van der Waals surface area contributed by atoms with Gasteiger partial charge in [-0.1, -0.05) is 25.8 Å². The molecule has 1 heteroatoms. The monoisotopic (exact) mass is 122 g/mol. The van der Waals surface area contributed by atoms with Crippen LogP contribution in [0.25, 0.3) is 0 Å². The Balaban J connectivity index is 3.78. The van der Waals surface area contributed by atoms with Gasteiger partial charge in [0, 0.05) is 0 Å². The van der Waals surface area contributed by atoms with Gasteiger partial charge in [0.15, 0.2) is 0 Å². The van der Waals surface area contributed by atoms with Crippen molar-refractivity contribution in [2.24, 2.45) is 0 Å². The Morgan fingerprint density at radius 3 is 2.22 bits per heavy atom. The van der Waals surface area contributed by atoms with Crippen LogP contribution in [0.3, 0.4) is 0 Å². The maximum Gasteiger partial charge on any atom is 0.107 e. The molecule has 0 nitrogen and oxygen atoms in total. The zero-order valence-electron chi connectivity index (χ0n) is 6.70. The highest BCUT2D eigenvalue weighted by atomic mass is 13.9. The molecule has 0 N–H and O–H groups in total. The van der Waals surface area contributed by atoms with Crippen molar-refractivity contribution in [2.45, 2.75) is 40.0 Å². The van der Waals surface area contributed by atoms with Gasteiger partial charge in [-0.3, -0.25) is 0 Å². The molecule has 0 bridgehead atoms. The molecule has 0 aliphatic rings. The fraction of sp³-hybridized carbons (Fsp3) is 0.750. The summed E-state index contributed by atoms with van der Waals surface area (Å²) >= 11 is 0. The molecule has 0 aromatic carbocycles. The van der Waals surface area contributed by atoms with E-state index >= 15 is 0 Å². The third kappa shape index (κ3) is 3.39. The van der Waals surface area contributed by atoms with E-state index in [2.05, 4.69) is 20.8 Å². The first kappa shape index (κ1) is 8.80. The van der Waals surface area contributed by atoms with Crippen LogP contribution in [0, 0.1) is 0 Å². The van der Waals surface area contributed by atoms with Gasteiger partial charge in [0.05, 0.1) is 0 Å². The summed E-state index contributed by atoms with van der Waals surface area (Å²) < 4.78 is 0. The molecule has 0 fully saturated rings. The van der Waals surface area contributed by atoms with Gasteiger partial charge >= 0.3 is 0 Å². The third-order valence-electron chi connectivity index (χ3n) is 1.60. The number of hydrogen-bond donors (Lipinski definition) is 0. The minimum absolute atomic E-state index is 1.06. The van der Waals surface area contributed by atoms with Gasteiger partial charge in [-0.25, -0.2) is 0 Å². The molecule has 0 atom stereocenters. The molecular weight excluding hydrogens is 107 g/mol. The lowest BCUT2D eigenvalue weighted by molar-refractivity contribution is 0.917. The first-order chi connectivity index (χ1) is 4.22. The number of rotatable bonds is 3. The zero-order valence-corrected chi connectivity index (χ0v) is 6.70. The molecule has 50 valence electrons. The fourth-order valence-corrected chi connectivity index (χ4v) is 0.710. The Kier molecular flexibility index (Phi) is 4.56. The van der Waals surface area contributed by atoms with Crippen LogP contribution in [0.15, 0.2) is 11.0 Å². The predicted octanol–water partition coefficient (Wildman–Crippen LogP) is 2.64. The average Bonchev–Trinajstić information content (AvgIpc) is 1.87. The number of hydrogen-bond acceptors (Lipinski definition) is 0. The van der Waals surface area contributed by atoms with Crippen LogP contribution in [0.4, 0.5) is 0 Å². The molecular formula is C8H15B. The summed E-state index contributed by atoms with van der Waals surface area (Å²) in [7, 11) is 5.72. The van der Waals surface area contributed by atoms with Crippen LogP contribution < -0.4 is 0 Å². The van der Waals surface area contributed by atoms with Crippen LogP contribution >= 0.6 is 0 Å². The summed E-state index contributed by atoms with van der Waals surface area (Å²) in [4.78, 5) is 0. The highest BCUT2D eigenvalue weighted by Crippen LogP contribution is 2.09. The first-order valence-corrected chi connectivity index (χ1v) is 3.66. The maximum atomic E-state index is 5.72. The van der Waals surface area contributed by atoms with Gasteiger partial charge in [0.25, 0.3) is 0 Å². The fourth-order valence-electron chi connectivity index (χ4n) is 0.710. The van der Waals surface area contributed by atoms with Crippen LogP contribution in [-0.4, -0.2) is 7.85 Å². The summed E-state index contributed by atoms with van der Waals surface area (Å²) in [5, 5.41) is 0. The van der Waals surface area contributed by atoms with Crippen LogP contribution in [-0.2, 0) is 0 Å². The molecule has 0 amide bonds. The molecule has 0 saturated carbocycles. The van der Waals surface area contributed by atoms with E-state index in [0.29, 0.717) is 0 Å². The van der Waals surface area contributed by atoms with Crippen molar-refractivity contribution in [1.29, 1.82) is 0 Å². The Morgan fingerprint density at radius 1 is 1.33 bits per heavy atom. The topological polar surface area (TPSA) is 0 Å². The van der Waals surface area contributed by atoms with Crippen molar-refractivity contribution in [3.05, 3.63) is 11.0 Å². The number of allylic oxidation sites excluding steroid dienone is 2. The third-order valence-corrected chi connectivity index (χ3v) is 1.60.